The van der Waals surface area contributed by atoms with Crippen molar-refractivity contribution in [2.24, 2.45) is 0 Å². The molecule has 1 N–H and O–H groups in total. The second-order valence-corrected chi connectivity index (χ2v) is 6.01. The van der Waals surface area contributed by atoms with E-state index in [-0.39, 0.29) is 0 Å². The van der Waals surface area contributed by atoms with Crippen molar-refractivity contribution in [3.8, 4) is 0 Å². The number of benzene rings is 1. The first-order chi connectivity index (χ1) is 9.25. The van der Waals surface area contributed by atoms with Gasteiger partial charge in [0.2, 0.25) is 0 Å². The summed E-state index contributed by atoms with van der Waals surface area (Å²) in [5.74, 6) is 0. The Morgan fingerprint density at radius 1 is 1.16 bits per heavy atom. The lowest BCUT2D eigenvalue weighted by Crippen LogP contribution is -2.43. The minimum absolute atomic E-state index is 0.335. The molecule has 1 aromatic carbocycles. The van der Waals surface area contributed by atoms with Gasteiger partial charge in [0.15, 0.2) is 0 Å². The minimum Gasteiger partial charge on any atom is -0.307 e. The van der Waals surface area contributed by atoms with Crippen molar-refractivity contribution in [1.82, 2.24) is 10.3 Å². The Balaban J connectivity index is 1.71. The van der Waals surface area contributed by atoms with Gasteiger partial charge in [-0.2, -0.15) is 0 Å². The molecule has 0 spiro atoms. The van der Waals surface area contributed by atoms with E-state index in [1.165, 1.54) is 43.1 Å². The van der Waals surface area contributed by atoms with Crippen LogP contribution in [0.5, 0.6) is 0 Å². The van der Waals surface area contributed by atoms with Crippen molar-refractivity contribution < 1.29 is 0 Å². The van der Waals surface area contributed by atoms with Crippen LogP contribution >= 0.6 is 0 Å². The van der Waals surface area contributed by atoms with E-state index in [0.29, 0.717) is 5.54 Å². The molecular formula is C17H22N2. The third-order valence-electron chi connectivity index (χ3n) is 4.34. The molecule has 1 fully saturated rings. The fourth-order valence-electron chi connectivity index (χ4n) is 3.06. The average Bonchev–Trinajstić information content (AvgIpc) is 2.46. The fraction of sp³-hybridized carbons (Fsp3) is 0.471. The van der Waals surface area contributed by atoms with Crippen molar-refractivity contribution in [3.63, 3.8) is 0 Å². The topological polar surface area (TPSA) is 24.9 Å². The smallest absolute Gasteiger partial charge is 0.0702 e. The molecule has 0 unspecified atom stereocenters. The van der Waals surface area contributed by atoms with Gasteiger partial charge < -0.3 is 5.32 Å². The van der Waals surface area contributed by atoms with Crippen LogP contribution in [-0.4, -0.2) is 10.5 Å². The summed E-state index contributed by atoms with van der Waals surface area (Å²) in [6, 6.07) is 10.7. The lowest BCUT2D eigenvalue weighted by Gasteiger charge is -2.34. The van der Waals surface area contributed by atoms with Gasteiger partial charge in [-0.05, 0) is 43.5 Å². The molecule has 19 heavy (non-hydrogen) atoms. The van der Waals surface area contributed by atoms with E-state index in [1.54, 1.807) is 0 Å². The highest BCUT2D eigenvalue weighted by Crippen LogP contribution is 2.28. The van der Waals surface area contributed by atoms with E-state index in [0.717, 1.165) is 12.1 Å². The second-order valence-electron chi connectivity index (χ2n) is 6.01. The Labute approximate surface area is 115 Å². The van der Waals surface area contributed by atoms with E-state index < -0.39 is 0 Å². The molecule has 2 aromatic rings. The number of hydrogen-bond donors (Lipinski definition) is 1. The third kappa shape index (κ3) is 2.95. The molecule has 1 aliphatic rings. The van der Waals surface area contributed by atoms with Gasteiger partial charge in [-0.25, -0.2) is 0 Å². The van der Waals surface area contributed by atoms with Gasteiger partial charge in [-0.3, -0.25) is 4.98 Å². The Morgan fingerprint density at radius 3 is 2.84 bits per heavy atom. The summed E-state index contributed by atoms with van der Waals surface area (Å²) in [6.07, 6.45) is 8.60. The van der Waals surface area contributed by atoms with Crippen LogP contribution in [0.3, 0.4) is 0 Å². The monoisotopic (exact) mass is 254 g/mol. The highest BCUT2D eigenvalue weighted by molar-refractivity contribution is 5.78. The zero-order chi connectivity index (χ0) is 13.1. The Morgan fingerprint density at radius 2 is 2.00 bits per heavy atom. The van der Waals surface area contributed by atoms with Crippen molar-refractivity contribution in [3.05, 3.63) is 42.1 Å². The first-order valence-corrected chi connectivity index (χ1v) is 7.34. The van der Waals surface area contributed by atoms with Crippen LogP contribution in [0.1, 0.15) is 44.6 Å². The maximum atomic E-state index is 4.37. The summed E-state index contributed by atoms with van der Waals surface area (Å²) in [5, 5.41) is 4.99. The molecule has 0 saturated heterocycles. The zero-order valence-corrected chi connectivity index (χ0v) is 11.7. The molecule has 0 aliphatic heterocycles. The van der Waals surface area contributed by atoms with Gasteiger partial charge in [0.1, 0.15) is 0 Å². The van der Waals surface area contributed by atoms with Gasteiger partial charge in [0.25, 0.3) is 0 Å². The number of aromatic nitrogens is 1. The van der Waals surface area contributed by atoms with Crippen molar-refractivity contribution >= 4 is 10.9 Å². The lowest BCUT2D eigenvalue weighted by atomic mass is 9.83. The lowest BCUT2D eigenvalue weighted by molar-refractivity contribution is 0.252. The number of hydrogen-bond acceptors (Lipinski definition) is 2. The largest absolute Gasteiger partial charge is 0.307 e. The summed E-state index contributed by atoms with van der Waals surface area (Å²) in [6.45, 7) is 3.33. The zero-order valence-electron chi connectivity index (χ0n) is 11.7. The normalized spacial score (nSPS) is 18.6. The number of nitrogens with zero attached hydrogens (tertiary/aromatic N) is 1. The first kappa shape index (κ1) is 12.6. The molecule has 0 radical (unpaired) electrons. The van der Waals surface area contributed by atoms with Gasteiger partial charge in [-0.1, -0.05) is 31.4 Å². The number of pyridine rings is 1. The van der Waals surface area contributed by atoms with E-state index in [4.69, 9.17) is 0 Å². The predicted molar refractivity (Wildman–Crippen MR) is 80.1 cm³/mol. The molecule has 0 atom stereocenters. The number of fused-ring (bicyclic) bond motifs is 1. The van der Waals surface area contributed by atoms with E-state index in [1.807, 2.05) is 12.3 Å². The van der Waals surface area contributed by atoms with Crippen LogP contribution in [0, 0.1) is 0 Å². The number of nitrogens with one attached hydrogen (secondary N) is 1. The second kappa shape index (κ2) is 5.30. The van der Waals surface area contributed by atoms with Crippen LogP contribution in [0.15, 0.2) is 36.5 Å². The van der Waals surface area contributed by atoms with Crippen LogP contribution in [0.4, 0.5) is 0 Å². The van der Waals surface area contributed by atoms with Gasteiger partial charge in [0.05, 0.1) is 5.52 Å². The molecule has 1 aliphatic carbocycles. The standard InChI is InChI=1S/C17H22N2/c1-17(9-3-2-4-10-17)19-13-14-7-8-16-15(12-14)6-5-11-18-16/h5-8,11-12,19H,2-4,9-10,13H2,1H3. The summed E-state index contributed by atoms with van der Waals surface area (Å²) in [7, 11) is 0. The highest BCUT2D eigenvalue weighted by atomic mass is 15.0. The quantitative estimate of drug-likeness (QED) is 0.894. The SMILES string of the molecule is CC1(NCc2ccc3ncccc3c2)CCCCC1. The van der Waals surface area contributed by atoms with Gasteiger partial charge >= 0.3 is 0 Å². The van der Waals surface area contributed by atoms with E-state index in [2.05, 4.69) is 41.5 Å². The minimum atomic E-state index is 0.335. The molecular weight excluding hydrogens is 232 g/mol. The van der Waals surface area contributed by atoms with Crippen LogP contribution in [-0.2, 0) is 6.54 Å². The summed E-state index contributed by atoms with van der Waals surface area (Å²) >= 11 is 0. The molecule has 100 valence electrons. The number of rotatable bonds is 3. The summed E-state index contributed by atoms with van der Waals surface area (Å²) in [4.78, 5) is 4.37. The van der Waals surface area contributed by atoms with Crippen molar-refractivity contribution in [1.29, 1.82) is 0 Å². The van der Waals surface area contributed by atoms with Crippen LogP contribution in [0.2, 0.25) is 0 Å². The Kier molecular flexibility index (Phi) is 3.52. The van der Waals surface area contributed by atoms with Crippen LogP contribution < -0.4 is 5.32 Å². The first-order valence-electron chi connectivity index (χ1n) is 7.34. The highest BCUT2D eigenvalue weighted by Gasteiger charge is 2.25. The molecule has 0 amide bonds. The maximum absolute atomic E-state index is 4.37. The Bertz CT molecular complexity index is 556. The maximum Gasteiger partial charge on any atom is 0.0702 e. The molecule has 2 nitrogen and oxygen atoms in total. The van der Waals surface area contributed by atoms with Crippen LogP contribution in [0.25, 0.3) is 10.9 Å². The van der Waals surface area contributed by atoms with Crippen molar-refractivity contribution in [2.75, 3.05) is 0 Å². The molecule has 0 bridgehead atoms. The molecule has 3 rings (SSSR count). The molecule has 1 saturated carbocycles. The predicted octanol–water partition coefficient (Wildman–Crippen LogP) is 4.05. The Hall–Kier alpha value is -1.41. The average molecular weight is 254 g/mol. The summed E-state index contributed by atoms with van der Waals surface area (Å²) in [5.41, 5.74) is 2.77. The van der Waals surface area contributed by atoms with Crippen molar-refractivity contribution in [2.45, 2.75) is 51.1 Å². The molecule has 1 heterocycles. The molecule has 1 aromatic heterocycles. The third-order valence-corrected chi connectivity index (χ3v) is 4.34. The van der Waals surface area contributed by atoms with Gasteiger partial charge in [0, 0.05) is 23.7 Å². The fourth-order valence-corrected chi connectivity index (χ4v) is 3.06. The van der Waals surface area contributed by atoms with E-state index in [9.17, 15) is 0 Å². The van der Waals surface area contributed by atoms with E-state index >= 15 is 0 Å². The van der Waals surface area contributed by atoms with Gasteiger partial charge in [-0.15, -0.1) is 0 Å². The summed E-state index contributed by atoms with van der Waals surface area (Å²) < 4.78 is 0. The molecule has 2 heteroatoms.